The van der Waals surface area contributed by atoms with Crippen molar-refractivity contribution < 1.29 is 0 Å². The van der Waals surface area contributed by atoms with Gasteiger partial charge in [-0.15, -0.1) is 0 Å². The first kappa shape index (κ1) is 16.3. The monoisotopic (exact) mass is 281 g/mol. The second kappa shape index (κ2) is 8.35. The molecule has 20 heavy (non-hydrogen) atoms. The van der Waals surface area contributed by atoms with Gasteiger partial charge in [0.05, 0.1) is 0 Å². The van der Waals surface area contributed by atoms with Gasteiger partial charge in [0.2, 0.25) is 0 Å². The third-order valence-electron chi connectivity index (χ3n) is 5.25. The first-order valence-electron chi connectivity index (χ1n) is 8.92. The van der Waals surface area contributed by atoms with E-state index in [0.717, 1.165) is 12.1 Å². The van der Waals surface area contributed by atoms with Crippen LogP contribution in [0.15, 0.2) is 0 Å². The Labute approximate surface area is 126 Å². The van der Waals surface area contributed by atoms with E-state index in [0.29, 0.717) is 6.04 Å². The van der Waals surface area contributed by atoms with Crippen molar-refractivity contribution in [1.82, 2.24) is 15.1 Å². The molecule has 0 aromatic heterocycles. The van der Waals surface area contributed by atoms with Crippen molar-refractivity contribution in [2.24, 2.45) is 0 Å². The van der Waals surface area contributed by atoms with Gasteiger partial charge in [0.25, 0.3) is 0 Å². The second-order valence-corrected chi connectivity index (χ2v) is 6.95. The number of hydrogen-bond acceptors (Lipinski definition) is 3. The van der Waals surface area contributed by atoms with Gasteiger partial charge in [0.1, 0.15) is 0 Å². The van der Waals surface area contributed by atoms with Gasteiger partial charge in [-0.1, -0.05) is 13.3 Å². The number of nitrogens with one attached hydrogen (secondary N) is 1. The van der Waals surface area contributed by atoms with Crippen LogP contribution in [0.4, 0.5) is 0 Å². The molecule has 2 heterocycles. The zero-order valence-electron chi connectivity index (χ0n) is 13.9. The standard InChI is InChI=1S/C17H35N3/c1-4-19(14-16-8-5-6-11-18-16)17-9-7-12-20(13-10-17)15(2)3/h15-18H,4-14H2,1-3H3. The molecule has 0 amide bonds. The SMILES string of the molecule is CCN(CC1CCCCN1)C1CCCN(C(C)C)CC1. The summed E-state index contributed by atoms with van der Waals surface area (Å²) in [4.78, 5) is 5.42. The van der Waals surface area contributed by atoms with Crippen molar-refractivity contribution in [3.8, 4) is 0 Å². The smallest absolute Gasteiger partial charge is 0.0195 e. The van der Waals surface area contributed by atoms with Crippen molar-refractivity contribution in [2.45, 2.75) is 77.4 Å². The molecule has 2 rings (SSSR count). The number of likely N-dealkylation sites (N-methyl/N-ethyl adjacent to an activating group) is 1. The van der Waals surface area contributed by atoms with Gasteiger partial charge in [-0.3, -0.25) is 4.90 Å². The first-order chi connectivity index (χ1) is 9.70. The van der Waals surface area contributed by atoms with Crippen LogP contribution in [-0.4, -0.2) is 60.6 Å². The van der Waals surface area contributed by atoms with Crippen LogP contribution >= 0.6 is 0 Å². The van der Waals surface area contributed by atoms with Crippen LogP contribution in [0.3, 0.4) is 0 Å². The Morgan fingerprint density at radius 2 is 1.95 bits per heavy atom. The van der Waals surface area contributed by atoms with E-state index in [1.54, 1.807) is 0 Å². The molecule has 2 atom stereocenters. The minimum Gasteiger partial charge on any atom is -0.313 e. The second-order valence-electron chi connectivity index (χ2n) is 6.95. The Balaban J connectivity index is 1.83. The lowest BCUT2D eigenvalue weighted by atomic mass is 10.0. The normalized spacial score (nSPS) is 29.9. The van der Waals surface area contributed by atoms with Crippen LogP contribution in [0, 0.1) is 0 Å². The van der Waals surface area contributed by atoms with Gasteiger partial charge in [-0.05, 0) is 72.1 Å². The Morgan fingerprint density at radius 3 is 2.60 bits per heavy atom. The van der Waals surface area contributed by atoms with E-state index >= 15 is 0 Å². The van der Waals surface area contributed by atoms with E-state index < -0.39 is 0 Å². The van der Waals surface area contributed by atoms with Gasteiger partial charge in [-0.25, -0.2) is 0 Å². The van der Waals surface area contributed by atoms with Crippen molar-refractivity contribution in [3.05, 3.63) is 0 Å². The maximum atomic E-state index is 3.71. The van der Waals surface area contributed by atoms with Gasteiger partial charge in [0, 0.05) is 24.7 Å². The molecule has 0 saturated carbocycles. The molecule has 2 unspecified atom stereocenters. The van der Waals surface area contributed by atoms with Crippen LogP contribution in [0.5, 0.6) is 0 Å². The highest BCUT2D eigenvalue weighted by molar-refractivity contribution is 4.83. The van der Waals surface area contributed by atoms with Crippen molar-refractivity contribution in [2.75, 3.05) is 32.7 Å². The molecule has 0 spiro atoms. The van der Waals surface area contributed by atoms with E-state index in [1.165, 1.54) is 71.2 Å². The average Bonchev–Trinajstić information content (AvgIpc) is 2.72. The maximum absolute atomic E-state index is 3.71. The summed E-state index contributed by atoms with van der Waals surface area (Å²) in [5, 5.41) is 3.71. The Morgan fingerprint density at radius 1 is 1.10 bits per heavy atom. The molecule has 2 aliphatic rings. The zero-order valence-corrected chi connectivity index (χ0v) is 13.9. The van der Waals surface area contributed by atoms with Gasteiger partial charge >= 0.3 is 0 Å². The Kier molecular flexibility index (Phi) is 6.79. The molecule has 0 bridgehead atoms. The molecule has 0 aromatic rings. The summed E-state index contributed by atoms with van der Waals surface area (Å²) in [7, 11) is 0. The quantitative estimate of drug-likeness (QED) is 0.836. The van der Waals surface area contributed by atoms with E-state index in [9.17, 15) is 0 Å². The highest BCUT2D eigenvalue weighted by atomic mass is 15.2. The maximum Gasteiger partial charge on any atom is 0.0195 e. The first-order valence-corrected chi connectivity index (χ1v) is 8.92. The topological polar surface area (TPSA) is 18.5 Å². The molecule has 3 nitrogen and oxygen atoms in total. The summed E-state index contributed by atoms with van der Waals surface area (Å²) in [6.45, 7) is 13.3. The summed E-state index contributed by atoms with van der Waals surface area (Å²) in [6.07, 6.45) is 8.29. The fraction of sp³-hybridized carbons (Fsp3) is 1.00. The van der Waals surface area contributed by atoms with Crippen molar-refractivity contribution in [3.63, 3.8) is 0 Å². The molecule has 0 aromatic carbocycles. The minimum absolute atomic E-state index is 0.712. The van der Waals surface area contributed by atoms with Gasteiger partial charge < -0.3 is 10.2 Å². The fourth-order valence-electron chi connectivity index (χ4n) is 3.88. The highest BCUT2D eigenvalue weighted by Crippen LogP contribution is 2.19. The largest absolute Gasteiger partial charge is 0.313 e. The lowest BCUT2D eigenvalue weighted by molar-refractivity contribution is 0.155. The molecule has 2 aliphatic heterocycles. The van der Waals surface area contributed by atoms with Crippen molar-refractivity contribution in [1.29, 1.82) is 0 Å². The predicted molar refractivity (Wildman–Crippen MR) is 87.2 cm³/mol. The zero-order chi connectivity index (χ0) is 14.4. The number of rotatable bonds is 5. The third kappa shape index (κ3) is 4.71. The predicted octanol–water partition coefficient (Wildman–Crippen LogP) is 2.71. The summed E-state index contributed by atoms with van der Waals surface area (Å²) in [5.74, 6) is 0. The number of piperidine rings is 1. The molecule has 0 aliphatic carbocycles. The van der Waals surface area contributed by atoms with Crippen LogP contribution < -0.4 is 5.32 Å². The van der Waals surface area contributed by atoms with Crippen molar-refractivity contribution >= 4 is 0 Å². The fourth-order valence-corrected chi connectivity index (χ4v) is 3.88. The minimum atomic E-state index is 0.712. The number of hydrogen-bond donors (Lipinski definition) is 1. The van der Waals surface area contributed by atoms with Crippen LogP contribution in [0.2, 0.25) is 0 Å². The summed E-state index contributed by atoms with van der Waals surface area (Å²) in [6, 6.07) is 2.27. The van der Waals surface area contributed by atoms with Crippen LogP contribution in [0.25, 0.3) is 0 Å². The van der Waals surface area contributed by atoms with E-state index in [4.69, 9.17) is 0 Å². The third-order valence-corrected chi connectivity index (χ3v) is 5.25. The Bertz CT molecular complexity index is 261. The summed E-state index contributed by atoms with van der Waals surface area (Å²) in [5.41, 5.74) is 0. The average molecular weight is 281 g/mol. The molecular formula is C17H35N3. The van der Waals surface area contributed by atoms with Crippen LogP contribution in [0.1, 0.15) is 59.3 Å². The number of nitrogens with zero attached hydrogens (tertiary/aromatic N) is 2. The Hall–Kier alpha value is -0.120. The van der Waals surface area contributed by atoms with Crippen LogP contribution in [-0.2, 0) is 0 Å². The van der Waals surface area contributed by atoms with Gasteiger partial charge in [-0.2, -0.15) is 0 Å². The molecule has 2 saturated heterocycles. The molecule has 1 N–H and O–H groups in total. The van der Waals surface area contributed by atoms with Gasteiger partial charge in [0.15, 0.2) is 0 Å². The lowest BCUT2D eigenvalue weighted by Crippen LogP contribution is -2.47. The van der Waals surface area contributed by atoms with E-state index in [-0.39, 0.29) is 0 Å². The molecule has 0 radical (unpaired) electrons. The summed E-state index contributed by atoms with van der Waals surface area (Å²) >= 11 is 0. The lowest BCUT2D eigenvalue weighted by Gasteiger charge is -2.35. The number of likely N-dealkylation sites (tertiary alicyclic amines) is 1. The van der Waals surface area contributed by atoms with E-state index in [1.807, 2.05) is 0 Å². The molecular weight excluding hydrogens is 246 g/mol. The highest BCUT2D eigenvalue weighted by Gasteiger charge is 2.25. The summed E-state index contributed by atoms with van der Waals surface area (Å²) < 4.78 is 0. The molecule has 3 heteroatoms. The molecule has 2 fully saturated rings. The van der Waals surface area contributed by atoms with E-state index in [2.05, 4.69) is 35.9 Å². The molecule has 118 valence electrons.